The largest absolute Gasteiger partial charge is 0.349 e. The van der Waals surface area contributed by atoms with E-state index in [9.17, 15) is 4.79 Å². The third-order valence-corrected chi connectivity index (χ3v) is 1.27. The number of ketones is 1. The third-order valence-electron chi connectivity index (χ3n) is 1.05. The summed E-state index contributed by atoms with van der Waals surface area (Å²) >= 11 is 5.47. The SMILES string of the molecule is COC(OC)C(=O)C(C)Cl. The summed E-state index contributed by atoms with van der Waals surface area (Å²) in [5, 5.41) is -0.565. The molecule has 0 heterocycles. The van der Waals surface area contributed by atoms with E-state index in [4.69, 9.17) is 11.6 Å². The summed E-state index contributed by atoms with van der Waals surface area (Å²) in [6.07, 6.45) is -0.826. The van der Waals surface area contributed by atoms with Gasteiger partial charge in [0.25, 0.3) is 0 Å². The Balaban J connectivity index is 3.89. The van der Waals surface area contributed by atoms with Gasteiger partial charge in [0.05, 0.1) is 5.38 Å². The highest BCUT2D eigenvalue weighted by molar-refractivity contribution is 6.31. The number of Topliss-reactive ketones (excluding diaryl/α,β-unsaturated/α-hetero) is 1. The van der Waals surface area contributed by atoms with Crippen molar-refractivity contribution in [3.05, 3.63) is 0 Å². The summed E-state index contributed by atoms with van der Waals surface area (Å²) in [7, 11) is 2.79. The molecule has 0 fully saturated rings. The number of ether oxygens (including phenoxy) is 2. The number of carbonyl (C=O) groups excluding carboxylic acids is 1. The van der Waals surface area contributed by atoms with Crippen molar-refractivity contribution >= 4 is 17.4 Å². The second kappa shape index (κ2) is 4.66. The molecule has 0 rings (SSSR count). The zero-order chi connectivity index (χ0) is 8.15. The zero-order valence-electron chi connectivity index (χ0n) is 6.26. The molecule has 1 unspecified atom stereocenters. The quantitative estimate of drug-likeness (QED) is 0.458. The average molecular weight is 167 g/mol. The smallest absolute Gasteiger partial charge is 0.218 e. The van der Waals surface area contributed by atoms with Gasteiger partial charge in [-0.1, -0.05) is 0 Å². The van der Waals surface area contributed by atoms with E-state index in [-0.39, 0.29) is 5.78 Å². The van der Waals surface area contributed by atoms with Crippen LogP contribution in [0.4, 0.5) is 0 Å². The van der Waals surface area contributed by atoms with E-state index in [2.05, 4.69) is 9.47 Å². The van der Waals surface area contributed by atoms with E-state index < -0.39 is 11.7 Å². The number of rotatable bonds is 4. The van der Waals surface area contributed by atoms with Gasteiger partial charge in [0.1, 0.15) is 0 Å². The molecule has 1 atom stereocenters. The van der Waals surface area contributed by atoms with Crippen LogP contribution in [0.2, 0.25) is 0 Å². The van der Waals surface area contributed by atoms with Gasteiger partial charge in [-0.05, 0) is 6.92 Å². The molecule has 10 heavy (non-hydrogen) atoms. The molecule has 0 aromatic rings. The molecule has 0 saturated heterocycles. The first kappa shape index (κ1) is 9.88. The summed E-state index contributed by atoms with van der Waals surface area (Å²) < 4.78 is 9.33. The average Bonchev–Trinajstić information content (AvgIpc) is 1.90. The van der Waals surface area contributed by atoms with Crippen LogP contribution in [0.1, 0.15) is 6.92 Å². The molecule has 0 aliphatic rings. The van der Waals surface area contributed by atoms with Crippen LogP contribution < -0.4 is 0 Å². The highest BCUT2D eigenvalue weighted by atomic mass is 35.5. The lowest BCUT2D eigenvalue weighted by atomic mass is 10.3. The Labute approximate surface area is 65.3 Å². The molecular weight excluding hydrogens is 156 g/mol. The van der Waals surface area contributed by atoms with Crippen molar-refractivity contribution in [3.8, 4) is 0 Å². The standard InChI is InChI=1S/C6H11ClO3/c1-4(7)5(8)6(9-2)10-3/h4,6H,1-3H3. The van der Waals surface area contributed by atoms with Crippen molar-refractivity contribution in [1.29, 1.82) is 0 Å². The first-order valence-electron chi connectivity index (χ1n) is 2.86. The Morgan fingerprint density at radius 3 is 1.90 bits per heavy atom. The highest BCUT2D eigenvalue weighted by Crippen LogP contribution is 2.02. The molecule has 4 heteroatoms. The molecule has 0 aromatic carbocycles. The predicted octanol–water partition coefficient (Wildman–Crippen LogP) is 0.802. The molecule has 0 saturated carbocycles. The van der Waals surface area contributed by atoms with Gasteiger partial charge >= 0.3 is 0 Å². The van der Waals surface area contributed by atoms with Crippen LogP contribution in [-0.2, 0) is 14.3 Å². The molecule has 60 valence electrons. The normalized spacial score (nSPS) is 13.7. The lowest BCUT2D eigenvalue weighted by molar-refractivity contribution is -0.155. The van der Waals surface area contributed by atoms with Crippen molar-refractivity contribution < 1.29 is 14.3 Å². The van der Waals surface area contributed by atoms with Crippen LogP contribution in [0.15, 0.2) is 0 Å². The molecule has 0 radical (unpaired) electrons. The van der Waals surface area contributed by atoms with Gasteiger partial charge in [-0.2, -0.15) is 0 Å². The fourth-order valence-corrected chi connectivity index (χ4v) is 0.619. The third kappa shape index (κ3) is 2.64. The van der Waals surface area contributed by atoms with Crippen molar-refractivity contribution in [2.75, 3.05) is 14.2 Å². The lowest BCUT2D eigenvalue weighted by Gasteiger charge is -2.12. The minimum atomic E-state index is -0.826. The van der Waals surface area contributed by atoms with E-state index in [0.717, 1.165) is 0 Å². The molecule has 0 N–H and O–H groups in total. The van der Waals surface area contributed by atoms with Crippen LogP contribution >= 0.6 is 11.6 Å². The Morgan fingerprint density at radius 1 is 1.40 bits per heavy atom. The number of hydrogen-bond donors (Lipinski definition) is 0. The van der Waals surface area contributed by atoms with E-state index >= 15 is 0 Å². The minimum Gasteiger partial charge on any atom is -0.349 e. The Hall–Kier alpha value is -0.120. The summed E-state index contributed by atoms with van der Waals surface area (Å²) in [6.45, 7) is 1.58. The first-order valence-corrected chi connectivity index (χ1v) is 3.30. The number of carbonyl (C=O) groups is 1. The predicted molar refractivity (Wildman–Crippen MR) is 38.1 cm³/mol. The van der Waals surface area contributed by atoms with Crippen LogP contribution in [-0.4, -0.2) is 31.7 Å². The Kier molecular flexibility index (Phi) is 4.60. The molecule has 0 spiro atoms. The van der Waals surface area contributed by atoms with Crippen molar-refractivity contribution in [1.82, 2.24) is 0 Å². The number of alkyl halides is 1. The van der Waals surface area contributed by atoms with Crippen LogP contribution in [0.3, 0.4) is 0 Å². The van der Waals surface area contributed by atoms with Gasteiger partial charge in [0, 0.05) is 14.2 Å². The molecule has 3 nitrogen and oxygen atoms in total. The second-order valence-corrected chi connectivity index (χ2v) is 2.48. The van der Waals surface area contributed by atoms with Crippen molar-refractivity contribution in [3.63, 3.8) is 0 Å². The van der Waals surface area contributed by atoms with E-state index in [0.29, 0.717) is 0 Å². The zero-order valence-corrected chi connectivity index (χ0v) is 7.01. The van der Waals surface area contributed by atoms with Crippen molar-refractivity contribution in [2.24, 2.45) is 0 Å². The van der Waals surface area contributed by atoms with Crippen LogP contribution in [0, 0.1) is 0 Å². The maximum absolute atomic E-state index is 10.9. The Bertz CT molecular complexity index is 110. The van der Waals surface area contributed by atoms with Gasteiger partial charge < -0.3 is 9.47 Å². The maximum atomic E-state index is 10.9. The van der Waals surface area contributed by atoms with Gasteiger partial charge in [-0.15, -0.1) is 11.6 Å². The van der Waals surface area contributed by atoms with Gasteiger partial charge in [0.2, 0.25) is 12.1 Å². The molecule has 0 bridgehead atoms. The monoisotopic (exact) mass is 166 g/mol. The number of methoxy groups -OCH3 is 2. The summed E-state index contributed by atoms with van der Waals surface area (Å²) in [4.78, 5) is 10.9. The van der Waals surface area contributed by atoms with E-state index in [1.54, 1.807) is 6.92 Å². The summed E-state index contributed by atoms with van der Waals surface area (Å²) in [6, 6.07) is 0. The maximum Gasteiger partial charge on any atom is 0.218 e. The van der Waals surface area contributed by atoms with Gasteiger partial charge in [-0.25, -0.2) is 0 Å². The fraction of sp³-hybridized carbons (Fsp3) is 0.833. The number of halogens is 1. The minimum absolute atomic E-state index is 0.258. The highest BCUT2D eigenvalue weighted by Gasteiger charge is 2.20. The molecule has 0 aromatic heterocycles. The first-order chi connectivity index (χ1) is 4.63. The molecule has 0 aliphatic heterocycles. The molecular formula is C6H11ClO3. The van der Waals surface area contributed by atoms with Crippen LogP contribution in [0.25, 0.3) is 0 Å². The summed E-state index contributed by atoms with van der Waals surface area (Å²) in [5.41, 5.74) is 0. The topological polar surface area (TPSA) is 35.5 Å². The Morgan fingerprint density at radius 2 is 1.80 bits per heavy atom. The van der Waals surface area contributed by atoms with E-state index in [1.807, 2.05) is 0 Å². The van der Waals surface area contributed by atoms with E-state index in [1.165, 1.54) is 14.2 Å². The summed E-state index contributed by atoms with van der Waals surface area (Å²) in [5.74, 6) is -0.258. The van der Waals surface area contributed by atoms with Gasteiger partial charge in [-0.3, -0.25) is 4.79 Å². The molecule has 0 aliphatic carbocycles. The lowest BCUT2D eigenvalue weighted by Crippen LogP contribution is -2.30. The van der Waals surface area contributed by atoms with Crippen molar-refractivity contribution in [2.45, 2.75) is 18.6 Å². The number of hydrogen-bond acceptors (Lipinski definition) is 3. The van der Waals surface area contributed by atoms with Crippen LogP contribution in [0.5, 0.6) is 0 Å². The van der Waals surface area contributed by atoms with Gasteiger partial charge in [0.15, 0.2) is 0 Å². The molecule has 0 amide bonds. The fourth-order valence-electron chi connectivity index (χ4n) is 0.516. The second-order valence-electron chi connectivity index (χ2n) is 1.82.